The largest absolute Gasteiger partial charge is 0.496 e. The number of nitrogens with two attached hydrogens (primary N) is 1. The summed E-state index contributed by atoms with van der Waals surface area (Å²) in [6.07, 6.45) is 1.53. The summed E-state index contributed by atoms with van der Waals surface area (Å²) in [5.41, 5.74) is 7.23. The summed E-state index contributed by atoms with van der Waals surface area (Å²) in [5, 5.41) is 0. The fourth-order valence-corrected chi connectivity index (χ4v) is 2.37. The average molecular weight is 344 g/mol. The molecular weight excluding hydrogens is 320 g/mol. The molecule has 1 amide bonds. The number of carbonyl (C=O) groups excluding carboxylic acids is 1. The SMILES string of the molecule is COc1cc(C(C)C)c(Oc2cnc(C)nc2N)cc1C(=O)N(C)C. The van der Waals surface area contributed by atoms with Gasteiger partial charge >= 0.3 is 0 Å². The van der Waals surface area contributed by atoms with Gasteiger partial charge in [0.05, 0.1) is 18.9 Å². The van der Waals surface area contributed by atoms with Crippen LogP contribution in [-0.4, -0.2) is 42.0 Å². The fraction of sp³-hybridized carbons (Fsp3) is 0.389. The number of nitrogen functional groups attached to an aromatic ring is 1. The van der Waals surface area contributed by atoms with Crippen LogP contribution >= 0.6 is 0 Å². The van der Waals surface area contributed by atoms with Crippen LogP contribution in [-0.2, 0) is 0 Å². The van der Waals surface area contributed by atoms with Gasteiger partial charge in [0.15, 0.2) is 11.6 Å². The number of amides is 1. The van der Waals surface area contributed by atoms with Crippen molar-refractivity contribution >= 4 is 11.7 Å². The van der Waals surface area contributed by atoms with Crippen LogP contribution in [0.15, 0.2) is 18.3 Å². The van der Waals surface area contributed by atoms with Crippen molar-refractivity contribution < 1.29 is 14.3 Å². The first-order valence-corrected chi connectivity index (χ1v) is 7.95. The molecule has 0 fully saturated rings. The third-order valence-corrected chi connectivity index (χ3v) is 3.71. The highest BCUT2D eigenvalue weighted by atomic mass is 16.5. The van der Waals surface area contributed by atoms with Gasteiger partial charge in [0.2, 0.25) is 0 Å². The molecule has 2 rings (SSSR count). The minimum atomic E-state index is -0.176. The summed E-state index contributed by atoms with van der Waals surface area (Å²) in [4.78, 5) is 22.2. The Bertz CT molecular complexity index is 788. The maximum atomic E-state index is 12.5. The Labute approximate surface area is 147 Å². The number of rotatable bonds is 5. The van der Waals surface area contributed by atoms with Gasteiger partial charge in [-0.1, -0.05) is 13.8 Å². The van der Waals surface area contributed by atoms with Crippen molar-refractivity contribution in [3.63, 3.8) is 0 Å². The van der Waals surface area contributed by atoms with Crippen LogP contribution in [0.5, 0.6) is 17.2 Å². The van der Waals surface area contributed by atoms with E-state index >= 15 is 0 Å². The van der Waals surface area contributed by atoms with Crippen molar-refractivity contribution in [3.8, 4) is 17.2 Å². The molecule has 7 heteroatoms. The lowest BCUT2D eigenvalue weighted by atomic mass is 9.99. The lowest BCUT2D eigenvalue weighted by Crippen LogP contribution is -2.22. The quantitative estimate of drug-likeness (QED) is 0.896. The Kier molecular flexibility index (Phi) is 5.46. The van der Waals surface area contributed by atoms with Crippen LogP contribution in [0.25, 0.3) is 0 Å². The third-order valence-electron chi connectivity index (χ3n) is 3.71. The van der Waals surface area contributed by atoms with E-state index in [2.05, 4.69) is 9.97 Å². The van der Waals surface area contributed by atoms with Crippen LogP contribution < -0.4 is 15.2 Å². The van der Waals surface area contributed by atoms with E-state index in [0.29, 0.717) is 28.6 Å². The molecule has 0 saturated carbocycles. The smallest absolute Gasteiger partial charge is 0.257 e. The number of aromatic nitrogens is 2. The molecule has 0 saturated heterocycles. The lowest BCUT2D eigenvalue weighted by molar-refractivity contribution is 0.0824. The molecule has 134 valence electrons. The zero-order valence-electron chi connectivity index (χ0n) is 15.5. The Morgan fingerprint density at radius 1 is 1.20 bits per heavy atom. The summed E-state index contributed by atoms with van der Waals surface area (Å²) in [5.74, 6) is 2.17. The van der Waals surface area contributed by atoms with E-state index in [4.69, 9.17) is 15.2 Å². The van der Waals surface area contributed by atoms with Crippen LogP contribution in [0.3, 0.4) is 0 Å². The summed E-state index contributed by atoms with van der Waals surface area (Å²) in [6.45, 7) is 5.81. The van der Waals surface area contributed by atoms with Crippen LogP contribution in [0, 0.1) is 6.92 Å². The molecule has 2 N–H and O–H groups in total. The summed E-state index contributed by atoms with van der Waals surface area (Å²) in [7, 11) is 4.91. The maximum absolute atomic E-state index is 12.5. The second-order valence-electron chi connectivity index (χ2n) is 6.21. The molecular formula is C18H24N4O3. The Balaban J connectivity index is 2.57. The first-order chi connectivity index (χ1) is 11.7. The molecule has 0 unspecified atom stereocenters. The van der Waals surface area contributed by atoms with Gasteiger partial charge in [-0.3, -0.25) is 4.79 Å². The van der Waals surface area contributed by atoms with Crippen LogP contribution in [0.1, 0.15) is 41.5 Å². The summed E-state index contributed by atoms with van der Waals surface area (Å²) >= 11 is 0. The van der Waals surface area contributed by atoms with Crippen molar-refractivity contribution in [1.82, 2.24) is 14.9 Å². The topological polar surface area (TPSA) is 90.6 Å². The Morgan fingerprint density at radius 3 is 2.40 bits per heavy atom. The second-order valence-corrected chi connectivity index (χ2v) is 6.21. The molecule has 0 atom stereocenters. The van der Waals surface area contributed by atoms with Gasteiger partial charge in [-0.05, 0) is 25.0 Å². The molecule has 2 aromatic rings. The first-order valence-electron chi connectivity index (χ1n) is 7.95. The highest BCUT2D eigenvalue weighted by molar-refractivity contribution is 5.97. The van der Waals surface area contributed by atoms with E-state index in [-0.39, 0.29) is 17.6 Å². The van der Waals surface area contributed by atoms with E-state index in [1.165, 1.54) is 18.2 Å². The van der Waals surface area contributed by atoms with Gasteiger partial charge in [-0.25, -0.2) is 9.97 Å². The van der Waals surface area contributed by atoms with Gasteiger partial charge in [0, 0.05) is 19.7 Å². The van der Waals surface area contributed by atoms with Crippen molar-refractivity contribution in [3.05, 3.63) is 35.3 Å². The van der Waals surface area contributed by atoms with Crippen molar-refractivity contribution in [2.24, 2.45) is 0 Å². The lowest BCUT2D eigenvalue weighted by Gasteiger charge is -2.19. The third kappa shape index (κ3) is 3.99. The molecule has 0 radical (unpaired) electrons. The van der Waals surface area contributed by atoms with Gasteiger partial charge in [-0.2, -0.15) is 0 Å². The van der Waals surface area contributed by atoms with E-state index in [1.54, 1.807) is 27.1 Å². The molecule has 0 aliphatic carbocycles. The molecule has 1 aromatic carbocycles. The van der Waals surface area contributed by atoms with Crippen LogP contribution in [0.4, 0.5) is 5.82 Å². The number of aryl methyl sites for hydroxylation is 1. The molecule has 1 aromatic heterocycles. The highest BCUT2D eigenvalue weighted by Gasteiger charge is 2.21. The fourth-order valence-electron chi connectivity index (χ4n) is 2.37. The van der Waals surface area contributed by atoms with Crippen LogP contribution in [0.2, 0.25) is 0 Å². The zero-order valence-corrected chi connectivity index (χ0v) is 15.5. The summed E-state index contributed by atoms with van der Waals surface area (Å²) in [6, 6.07) is 3.50. The minimum absolute atomic E-state index is 0.153. The van der Waals surface area contributed by atoms with E-state index in [0.717, 1.165) is 5.56 Å². The van der Waals surface area contributed by atoms with E-state index < -0.39 is 0 Å². The Morgan fingerprint density at radius 2 is 1.88 bits per heavy atom. The van der Waals surface area contributed by atoms with Gasteiger partial charge in [-0.15, -0.1) is 0 Å². The molecule has 0 aliphatic rings. The normalized spacial score (nSPS) is 10.7. The predicted octanol–water partition coefficient (Wildman–Crippen LogP) is 2.99. The van der Waals surface area contributed by atoms with Gasteiger partial charge in [0.1, 0.15) is 17.3 Å². The van der Waals surface area contributed by atoms with Crippen molar-refractivity contribution in [1.29, 1.82) is 0 Å². The molecule has 0 bridgehead atoms. The molecule has 0 spiro atoms. The number of nitrogens with zero attached hydrogens (tertiary/aromatic N) is 3. The molecule has 25 heavy (non-hydrogen) atoms. The summed E-state index contributed by atoms with van der Waals surface area (Å²) < 4.78 is 11.4. The van der Waals surface area contributed by atoms with Crippen molar-refractivity contribution in [2.45, 2.75) is 26.7 Å². The number of carbonyl (C=O) groups is 1. The number of hydrogen-bond acceptors (Lipinski definition) is 6. The van der Waals surface area contributed by atoms with E-state index in [9.17, 15) is 4.79 Å². The highest BCUT2D eigenvalue weighted by Crippen LogP contribution is 2.37. The van der Waals surface area contributed by atoms with Gasteiger partial charge < -0.3 is 20.1 Å². The average Bonchev–Trinajstić information content (AvgIpc) is 2.55. The number of ether oxygens (including phenoxy) is 2. The monoisotopic (exact) mass is 344 g/mol. The standard InChI is InChI=1S/C18H24N4O3/c1-10(2)12-7-14(24-6)13(18(23)22(4)5)8-15(12)25-16-9-20-11(3)21-17(16)19/h7-10H,1-6H3,(H2,19,20,21). The molecule has 0 aliphatic heterocycles. The molecule has 1 heterocycles. The number of hydrogen-bond donors (Lipinski definition) is 1. The molecule has 7 nitrogen and oxygen atoms in total. The zero-order chi connectivity index (χ0) is 18.7. The maximum Gasteiger partial charge on any atom is 0.257 e. The van der Waals surface area contributed by atoms with Gasteiger partial charge in [0.25, 0.3) is 5.91 Å². The van der Waals surface area contributed by atoms with E-state index in [1.807, 2.05) is 19.9 Å². The Hall–Kier alpha value is -2.83. The predicted molar refractivity (Wildman–Crippen MR) is 96.4 cm³/mol. The minimum Gasteiger partial charge on any atom is -0.496 e. The number of methoxy groups -OCH3 is 1. The second kappa shape index (κ2) is 7.38. The van der Waals surface area contributed by atoms with Crippen molar-refractivity contribution in [2.75, 3.05) is 26.9 Å². The first kappa shape index (κ1) is 18.5. The number of anilines is 1. The number of benzene rings is 1.